The molecule has 0 atom stereocenters. The van der Waals surface area contributed by atoms with Crippen LogP contribution in [0.3, 0.4) is 0 Å². The number of methoxy groups -OCH3 is 1. The zero-order chi connectivity index (χ0) is 13.3. The van der Waals surface area contributed by atoms with Crippen LogP contribution in [0.2, 0.25) is 0 Å². The minimum atomic E-state index is -0.218. The molecule has 0 saturated carbocycles. The number of Topliss-reactive ketones (excluding diaryl/α,β-unsaturated/α-hetero) is 2. The highest BCUT2D eigenvalue weighted by Crippen LogP contribution is 2.09. The summed E-state index contributed by atoms with van der Waals surface area (Å²) in [7, 11) is 1.36. The summed E-state index contributed by atoms with van der Waals surface area (Å²) in [5.74, 6) is -0.293. The van der Waals surface area contributed by atoms with Gasteiger partial charge in [-0.15, -0.1) is 0 Å². The van der Waals surface area contributed by atoms with Crippen LogP contribution in [0.4, 0.5) is 0 Å². The molecule has 0 aromatic heterocycles. The van der Waals surface area contributed by atoms with Gasteiger partial charge in [-0.05, 0) is 38.7 Å². The van der Waals surface area contributed by atoms with Crippen molar-refractivity contribution in [2.24, 2.45) is 0 Å². The Hall–Kier alpha value is -1.45. The maximum atomic E-state index is 11.2. The molecular weight excluding hydrogens is 220 g/mol. The third-order valence-electron chi connectivity index (χ3n) is 2.35. The topological polar surface area (TPSA) is 60.4 Å². The fraction of sp³-hybridized carbons (Fsp3) is 0.615. The number of ketones is 2. The monoisotopic (exact) mass is 240 g/mol. The number of carbonyl (C=O) groups excluding carboxylic acids is 3. The normalized spacial score (nSPS) is 11.1. The number of hydrogen-bond acceptors (Lipinski definition) is 4. The van der Waals surface area contributed by atoms with E-state index in [1.807, 2.05) is 0 Å². The van der Waals surface area contributed by atoms with E-state index in [4.69, 9.17) is 0 Å². The van der Waals surface area contributed by atoms with E-state index in [9.17, 15) is 14.4 Å². The molecule has 0 aliphatic heterocycles. The van der Waals surface area contributed by atoms with Crippen LogP contribution in [0.25, 0.3) is 0 Å². The lowest BCUT2D eigenvalue weighted by Gasteiger charge is -2.01. The van der Waals surface area contributed by atoms with Crippen LogP contribution in [0, 0.1) is 0 Å². The summed E-state index contributed by atoms with van der Waals surface area (Å²) in [4.78, 5) is 33.0. The van der Waals surface area contributed by atoms with Gasteiger partial charge in [0.25, 0.3) is 0 Å². The van der Waals surface area contributed by atoms with Gasteiger partial charge in [-0.25, -0.2) is 0 Å². The molecule has 0 spiro atoms. The molecule has 0 N–H and O–H groups in total. The molecule has 0 aliphatic carbocycles. The molecule has 96 valence electrons. The van der Waals surface area contributed by atoms with E-state index in [0.29, 0.717) is 18.4 Å². The summed E-state index contributed by atoms with van der Waals surface area (Å²) in [6.45, 7) is 2.93. The average molecular weight is 240 g/mol. The van der Waals surface area contributed by atoms with Crippen LogP contribution in [-0.4, -0.2) is 24.6 Å². The smallest absolute Gasteiger partial charge is 0.305 e. The van der Waals surface area contributed by atoms with Gasteiger partial charge >= 0.3 is 5.97 Å². The Bertz CT molecular complexity index is 315. The molecule has 0 bridgehead atoms. The van der Waals surface area contributed by atoms with Gasteiger partial charge in [0, 0.05) is 12.8 Å². The van der Waals surface area contributed by atoms with Crippen LogP contribution in [0.5, 0.6) is 0 Å². The zero-order valence-corrected chi connectivity index (χ0v) is 10.7. The molecule has 0 aliphatic rings. The van der Waals surface area contributed by atoms with Crippen LogP contribution >= 0.6 is 0 Å². The van der Waals surface area contributed by atoms with Gasteiger partial charge in [-0.2, -0.15) is 0 Å². The summed E-state index contributed by atoms with van der Waals surface area (Å²) >= 11 is 0. The van der Waals surface area contributed by atoms with Crippen molar-refractivity contribution >= 4 is 17.5 Å². The number of hydrogen-bond donors (Lipinski definition) is 0. The second-order valence-electron chi connectivity index (χ2n) is 3.99. The Kier molecular flexibility index (Phi) is 7.93. The molecule has 0 aromatic carbocycles. The molecule has 0 fully saturated rings. The average Bonchev–Trinajstić information content (AvgIpc) is 2.25. The number of carbonyl (C=O) groups is 3. The highest BCUT2D eigenvalue weighted by Gasteiger charge is 2.06. The zero-order valence-electron chi connectivity index (χ0n) is 10.7. The molecular formula is C13H20O4. The van der Waals surface area contributed by atoms with Gasteiger partial charge in [-0.3, -0.25) is 14.4 Å². The summed E-state index contributed by atoms with van der Waals surface area (Å²) in [6.07, 6.45) is 4.64. The first-order valence-corrected chi connectivity index (χ1v) is 5.73. The number of ether oxygens (including phenoxy) is 1. The van der Waals surface area contributed by atoms with Gasteiger partial charge in [0.1, 0.15) is 5.78 Å². The van der Waals surface area contributed by atoms with Crippen molar-refractivity contribution in [3.63, 3.8) is 0 Å². The first-order chi connectivity index (χ1) is 7.97. The van der Waals surface area contributed by atoms with E-state index in [2.05, 4.69) is 4.74 Å². The molecule has 0 radical (unpaired) electrons. The Morgan fingerprint density at radius 2 is 1.76 bits per heavy atom. The van der Waals surface area contributed by atoms with Gasteiger partial charge < -0.3 is 4.74 Å². The number of unbranched alkanes of at least 4 members (excludes halogenated alkanes) is 2. The Labute approximate surface area is 102 Å². The molecule has 0 saturated heterocycles. The molecule has 4 nitrogen and oxygen atoms in total. The first-order valence-electron chi connectivity index (χ1n) is 5.73. The summed E-state index contributed by atoms with van der Waals surface area (Å²) in [6, 6.07) is 0. The third-order valence-corrected chi connectivity index (χ3v) is 2.35. The number of esters is 1. The van der Waals surface area contributed by atoms with Gasteiger partial charge in [0.05, 0.1) is 7.11 Å². The molecule has 17 heavy (non-hydrogen) atoms. The van der Waals surface area contributed by atoms with Crippen molar-refractivity contribution in [2.75, 3.05) is 7.11 Å². The highest BCUT2D eigenvalue weighted by molar-refractivity contribution is 5.98. The molecule has 0 unspecified atom stereocenters. The highest BCUT2D eigenvalue weighted by atomic mass is 16.5. The van der Waals surface area contributed by atoms with E-state index < -0.39 is 0 Å². The maximum absolute atomic E-state index is 11.2. The van der Waals surface area contributed by atoms with E-state index >= 15 is 0 Å². The van der Waals surface area contributed by atoms with Crippen LogP contribution in [0.1, 0.15) is 46.0 Å². The summed E-state index contributed by atoms with van der Waals surface area (Å²) in [5, 5.41) is 0. The van der Waals surface area contributed by atoms with Gasteiger partial charge in [-0.1, -0.05) is 6.08 Å². The molecule has 0 amide bonds. The third kappa shape index (κ3) is 8.37. The fourth-order valence-corrected chi connectivity index (χ4v) is 1.40. The van der Waals surface area contributed by atoms with E-state index in [1.54, 1.807) is 6.08 Å². The van der Waals surface area contributed by atoms with Crippen molar-refractivity contribution in [2.45, 2.75) is 46.0 Å². The van der Waals surface area contributed by atoms with E-state index in [1.165, 1.54) is 21.0 Å². The lowest BCUT2D eigenvalue weighted by atomic mass is 10.0. The SMILES string of the molecule is COC(=O)CCCC/C=C(/CC(C)=O)C(C)=O. The van der Waals surface area contributed by atoms with Crippen molar-refractivity contribution in [1.29, 1.82) is 0 Å². The minimum Gasteiger partial charge on any atom is -0.469 e. The quantitative estimate of drug-likeness (QED) is 0.371. The first kappa shape index (κ1) is 15.6. The molecule has 0 rings (SSSR count). The Balaban J connectivity index is 3.97. The lowest BCUT2D eigenvalue weighted by Crippen LogP contribution is -2.02. The van der Waals surface area contributed by atoms with Crippen LogP contribution < -0.4 is 0 Å². The largest absolute Gasteiger partial charge is 0.469 e. The fourth-order valence-electron chi connectivity index (χ4n) is 1.40. The minimum absolute atomic E-state index is 0.0130. The Morgan fingerprint density at radius 3 is 2.24 bits per heavy atom. The van der Waals surface area contributed by atoms with Crippen molar-refractivity contribution in [3.05, 3.63) is 11.6 Å². The number of rotatable bonds is 8. The second kappa shape index (κ2) is 8.67. The van der Waals surface area contributed by atoms with Crippen molar-refractivity contribution in [3.8, 4) is 0 Å². The van der Waals surface area contributed by atoms with Crippen molar-refractivity contribution in [1.82, 2.24) is 0 Å². The standard InChI is InChI=1S/C13H20O4/c1-10(14)9-12(11(2)15)7-5-4-6-8-13(16)17-3/h7H,4-6,8-9H2,1-3H3/b12-7-. The second-order valence-corrected chi connectivity index (χ2v) is 3.99. The summed E-state index contributed by atoms with van der Waals surface area (Å²) < 4.78 is 4.52. The summed E-state index contributed by atoms with van der Waals surface area (Å²) in [5.41, 5.74) is 0.565. The Morgan fingerprint density at radius 1 is 1.12 bits per heavy atom. The lowest BCUT2D eigenvalue weighted by molar-refractivity contribution is -0.140. The van der Waals surface area contributed by atoms with Gasteiger partial charge in [0.15, 0.2) is 5.78 Å². The number of allylic oxidation sites excluding steroid dienone is 2. The van der Waals surface area contributed by atoms with Gasteiger partial charge in [0.2, 0.25) is 0 Å². The molecule has 0 heterocycles. The van der Waals surface area contributed by atoms with E-state index in [0.717, 1.165) is 12.8 Å². The maximum Gasteiger partial charge on any atom is 0.305 e. The van der Waals surface area contributed by atoms with E-state index in [-0.39, 0.29) is 24.0 Å². The van der Waals surface area contributed by atoms with Crippen LogP contribution in [-0.2, 0) is 19.1 Å². The predicted molar refractivity (Wildman–Crippen MR) is 64.5 cm³/mol. The van der Waals surface area contributed by atoms with Crippen LogP contribution in [0.15, 0.2) is 11.6 Å². The molecule has 4 heteroatoms. The predicted octanol–water partition coefficient (Wildman–Crippen LogP) is 2.21. The molecule has 0 aromatic rings. The van der Waals surface area contributed by atoms with Crippen molar-refractivity contribution < 1.29 is 19.1 Å².